The predicted molar refractivity (Wildman–Crippen MR) is 76.6 cm³/mol. The SMILES string of the molecule is Nc1cnc2ccccc2c1NCCCC1CC1. The Morgan fingerprint density at radius 1 is 1.28 bits per heavy atom. The maximum absolute atomic E-state index is 6.02. The van der Waals surface area contributed by atoms with Crippen LogP contribution in [0.1, 0.15) is 25.7 Å². The summed E-state index contributed by atoms with van der Waals surface area (Å²) in [5, 5.41) is 4.59. The predicted octanol–water partition coefficient (Wildman–Crippen LogP) is 3.42. The van der Waals surface area contributed by atoms with Gasteiger partial charge in [-0.15, -0.1) is 0 Å². The van der Waals surface area contributed by atoms with Gasteiger partial charge < -0.3 is 11.1 Å². The number of nitrogens with one attached hydrogen (secondary N) is 1. The number of anilines is 2. The normalized spacial score (nSPS) is 14.9. The van der Waals surface area contributed by atoms with Crippen LogP contribution in [0.15, 0.2) is 30.5 Å². The van der Waals surface area contributed by atoms with Gasteiger partial charge in [0.15, 0.2) is 0 Å². The van der Waals surface area contributed by atoms with Crippen molar-refractivity contribution in [2.75, 3.05) is 17.6 Å². The Balaban J connectivity index is 1.74. The van der Waals surface area contributed by atoms with E-state index < -0.39 is 0 Å². The number of para-hydroxylation sites is 1. The molecule has 18 heavy (non-hydrogen) atoms. The monoisotopic (exact) mass is 241 g/mol. The molecule has 0 bridgehead atoms. The van der Waals surface area contributed by atoms with Gasteiger partial charge in [0.25, 0.3) is 0 Å². The summed E-state index contributed by atoms with van der Waals surface area (Å²) in [6.45, 7) is 0.995. The molecule has 1 aliphatic rings. The molecule has 1 aromatic heterocycles. The van der Waals surface area contributed by atoms with Crippen molar-refractivity contribution in [1.82, 2.24) is 4.98 Å². The van der Waals surface area contributed by atoms with Crippen LogP contribution in [-0.2, 0) is 0 Å². The topological polar surface area (TPSA) is 50.9 Å². The Morgan fingerprint density at radius 2 is 2.11 bits per heavy atom. The molecule has 0 unspecified atom stereocenters. The minimum absolute atomic E-state index is 0.736. The number of aromatic nitrogens is 1. The van der Waals surface area contributed by atoms with Crippen LogP contribution >= 0.6 is 0 Å². The fourth-order valence-corrected chi connectivity index (χ4v) is 2.36. The number of hydrogen-bond donors (Lipinski definition) is 2. The first-order valence-electron chi connectivity index (χ1n) is 6.71. The Morgan fingerprint density at radius 3 is 2.94 bits per heavy atom. The molecular weight excluding hydrogens is 222 g/mol. The highest BCUT2D eigenvalue weighted by molar-refractivity contribution is 5.96. The van der Waals surface area contributed by atoms with Crippen molar-refractivity contribution in [1.29, 1.82) is 0 Å². The van der Waals surface area contributed by atoms with Crippen LogP contribution in [0.5, 0.6) is 0 Å². The average Bonchev–Trinajstić information content (AvgIpc) is 3.21. The third kappa shape index (κ3) is 2.40. The third-order valence-corrected chi connectivity index (χ3v) is 3.59. The highest BCUT2D eigenvalue weighted by atomic mass is 14.9. The molecule has 3 N–H and O–H groups in total. The van der Waals surface area contributed by atoms with Crippen LogP contribution in [0.3, 0.4) is 0 Å². The molecule has 1 aromatic carbocycles. The van der Waals surface area contributed by atoms with Gasteiger partial charge in [0.1, 0.15) is 0 Å². The molecule has 0 amide bonds. The molecule has 1 aliphatic carbocycles. The summed E-state index contributed by atoms with van der Waals surface area (Å²) in [7, 11) is 0. The van der Waals surface area contributed by atoms with Crippen LogP contribution < -0.4 is 11.1 Å². The summed E-state index contributed by atoms with van der Waals surface area (Å²) in [6.07, 6.45) is 7.17. The number of nitrogens with zero attached hydrogens (tertiary/aromatic N) is 1. The largest absolute Gasteiger partial charge is 0.396 e. The second-order valence-corrected chi connectivity index (χ2v) is 5.12. The lowest BCUT2D eigenvalue weighted by Crippen LogP contribution is -2.05. The van der Waals surface area contributed by atoms with Crippen LogP contribution in [-0.4, -0.2) is 11.5 Å². The number of nitrogens with two attached hydrogens (primary N) is 1. The van der Waals surface area contributed by atoms with Gasteiger partial charge >= 0.3 is 0 Å². The molecule has 94 valence electrons. The molecule has 1 fully saturated rings. The maximum Gasteiger partial charge on any atom is 0.0743 e. The first kappa shape index (κ1) is 11.3. The lowest BCUT2D eigenvalue weighted by atomic mass is 10.1. The molecule has 0 aliphatic heterocycles. The van der Waals surface area contributed by atoms with Gasteiger partial charge in [0, 0.05) is 11.9 Å². The van der Waals surface area contributed by atoms with Crippen LogP contribution in [0.4, 0.5) is 11.4 Å². The van der Waals surface area contributed by atoms with Gasteiger partial charge in [0.05, 0.1) is 23.1 Å². The van der Waals surface area contributed by atoms with E-state index in [1.54, 1.807) is 6.20 Å². The number of rotatable bonds is 5. The van der Waals surface area contributed by atoms with Crippen molar-refractivity contribution in [3.8, 4) is 0 Å². The van der Waals surface area contributed by atoms with Crippen LogP contribution in [0.25, 0.3) is 10.9 Å². The molecule has 2 aromatic rings. The lowest BCUT2D eigenvalue weighted by molar-refractivity contribution is 0.688. The summed E-state index contributed by atoms with van der Waals surface area (Å²) in [4.78, 5) is 4.34. The first-order chi connectivity index (χ1) is 8.84. The summed E-state index contributed by atoms with van der Waals surface area (Å²) < 4.78 is 0. The molecule has 3 heteroatoms. The van der Waals surface area contributed by atoms with E-state index in [0.29, 0.717) is 0 Å². The van der Waals surface area contributed by atoms with Crippen molar-refractivity contribution in [3.05, 3.63) is 30.5 Å². The van der Waals surface area contributed by atoms with E-state index in [-0.39, 0.29) is 0 Å². The molecule has 0 radical (unpaired) electrons. The van der Waals surface area contributed by atoms with Crippen molar-refractivity contribution >= 4 is 22.3 Å². The van der Waals surface area contributed by atoms with Gasteiger partial charge in [-0.2, -0.15) is 0 Å². The quantitative estimate of drug-likeness (QED) is 0.789. The summed E-state index contributed by atoms with van der Waals surface area (Å²) in [5.41, 5.74) is 8.79. The Bertz CT molecular complexity index is 546. The zero-order chi connectivity index (χ0) is 12.4. The fraction of sp³-hybridized carbons (Fsp3) is 0.400. The summed E-state index contributed by atoms with van der Waals surface area (Å²) in [6, 6.07) is 8.12. The molecule has 3 nitrogen and oxygen atoms in total. The number of benzene rings is 1. The molecule has 1 heterocycles. The molecular formula is C15H19N3. The Hall–Kier alpha value is -1.77. The Labute approximate surface area is 107 Å². The van der Waals surface area contributed by atoms with E-state index in [1.165, 1.54) is 25.7 Å². The standard InChI is InChI=1S/C15H19N3/c16-13-10-18-14-6-2-1-5-12(14)15(13)17-9-3-4-11-7-8-11/h1-2,5-6,10-11H,3-4,7-9,16H2,(H,17,18). The van der Waals surface area contributed by atoms with E-state index in [4.69, 9.17) is 5.73 Å². The van der Waals surface area contributed by atoms with Gasteiger partial charge in [-0.05, 0) is 24.8 Å². The smallest absolute Gasteiger partial charge is 0.0743 e. The molecule has 0 saturated heterocycles. The highest BCUT2D eigenvalue weighted by Gasteiger charge is 2.20. The molecule has 0 spiro atoms. The fourth-order valence-electron chi connectivity index (χ4n) is 2.36. The van der Waals surface area contributed by atoms with Crippen molar-refractivity contribution in [2.45, 2.75) is 25.7 Å². The average molecular weight is 241 g/mol. The van der Waals surface area contributed by atoms with Crippen molar-refractivity contribution in [2.24, 2.45) is 5.92 Å². The molecule has 3 rings (SSSR count). The van der Waals surface area contributed by atoms with E-state index in [2.05, 4.69) is 16.4 Å². The highest BCUT2D eigenvalue weighted by Crippen LogP contribution is 2.33. The molecule has 0 atom stereocenters. The number of pyridine rings is 1. The van der Waals surface area contributed by atoms with Crippen LogP contribution in [0.2, 0.25) is 0 Å². The van der Waals surface area contributed by atoms with Crippen molar-refractivity contribution in [3.63, 3.8) is 0 Å². The van der Waals surface area contributed by atoms with Gasteiger partial charge in [0.2, 0.25) is 0 Å². The van der Waals surface area contributed by atoms with Gasteiger partial charge in [-0.25, -0.2) is 0 Å². The summed E-state index contributed by atoms with van der Waals surface area (Å²) >= 11 is 0. The minimum Gasteiger partial charge on any atom is -0.396 e. The molecule has 1 saturated carbocycles. The van der Waals surface area contributed by atoms with Crippen molar-refractivity contribution < 1.29 is 0 Å². The zero-order valence-electron chi connectivity index (χ0n) is 10.5. The summed E-state index contributed by atoms with van der Waals surface area (Å²) in [5.74, 6) is 0.998. The number of hydrogen-bond acceptors (Lipinski definition) is 3. The third-order valence-electron chi connectivity index (χ3n) is 3.59. The maximum atomic E-state index is 6.02. The van der Waals surface area contributed by atoms with E-state index in [0.717, 1.165) is 34.7 Å². The second kappa shape index (κ2) is 4.84. The first-order valence-corrected chi connectivity index (χ1v) is 6.71. The second-order valence-electron chi connectivity index (χ2n) is 5.12. The van der Waals surface area contributed by atoms with Gasteiger partial charge in [-0.1, -0.05) is 31.0 Å². The van der Waals surface area contributed by atoms with E-state index >= 15 is 0 Å². The van der Waals surface area contributed by atoms with E-state index in [1.807, 2.05) is 18.2 Å². The number of fused-ring (bicyclic) bond motifs is 1. The number of nitrogen functional groups attached to an aromatic ring is 1. The zero-order valence-corrected chi connectivity index (χ0v) is 10.5. The van der Waals surface area contributed by atoms with Crippen LogP contribution in [0, 0.1) is 5.92 Å². The Kier molecular flexibility index (Phi) is 3.05. The van der Waals surface area contributed by atoms with Gasteiger partial charge in [-0.3, -0.25) is 4.98 Å². The minimum atomic E-state index is 0.736. The van der Waals surface area contributed by atoms with E-state index in [9.17, 15) is 0 Å². The lowest BCUT2D eigenvalue weighted by Gasteiger charge is -2.11.